The van der Waals surface area contributed by atoms with E-state index >= 15 is 0 Å². The van der Waals surface area contributed by atoms with Crippen LogP contribution < -0.4 is 10.8 Å². The molecule has 0 spiro atoms. The van der Waals surface area contributed by atoms with Crippen LogP contribution in [-0.4, -0.2) is 34.9 Å². The molecule has 2 aromatic rings. The van der Waals surface area contributed by atoms with Crippen LogP contribution in [0.25, 0.3) is 0 Å². The summed E-state index contributed by atoms with van der Waals surface area (Å²) in [4.78, 5) is 41.0. The lowest BCUT2D eigenvalue weighted by molar-refractivity contribution is -0.190. The highest BCUT2D eigenvalue weighted by Gasteiger charge is 2.31. The van der Waals surface area contributed by atoms with E-state index in [-0.39, 0.29) is 16.8 Å². The van der Waals surface area contributed by atoms with Crippen molar-refractivity contribution in [3.05, 3.63) is 52.1 Å². The first-order valence-electron chi connectivity index (χ1n) is 8.60. The Kier molecular flexibility index (Phi) is 6.66. The molecule has 11 heteroatoms. The number of alkyl halides is 3. The Balaban J connectivity index is 2.25. The van der Waals surface area contributed by atoms with Crippen molar-refractivity contribution in [2.75, 3.05) is 11.9 Å². The molecule has 162 valence electrons. The fraction of sp³-hybridized carbons (Fsp3) is 0.316. The van der Waals surface area contributed by atoms with Crippen molar-refractivity contribution < 1.29 is 36.8 Å². The van der Waals surface area contributed by atoms with Gasteiger partial charge in [-0.2, -0.15) is 13.2 Å². The summed E-state index contributed by atoms with van der Waals surface area (Å²) in [6.45, 7) is 2.73. The summed E-state index contributed by atoms with van der Waals surface area (Å²) in [7, 11) is 1.43. The maximum Gasteiger partial charge on any atom is 0.414 e. The van der Waals surface area contributed by atoms with Crippen molar-refractivity contribution in [2.24, 2.45) is 7.05 Å². The summed E-state index contributed by atoms with van der Waals surface area (Å²) in [6, 6.07) is 3.99. The van der Waals surface area contributed by atoms with Crippen molar-refractivity contribution >= 4 is 23.3 Å². The highest BCUT2D eigenvalue weighted by molar-refractivity contribution is 6.42. The van der Waals surface area contributed by atoms with E-state index in [0.717, 1.165) is 0 Å². The monoisotopic (exact) mass is 429 g/mol. The molecular weight excluding hydrogens is 410 g/mol. The molecule has 0 unspecified atom stereocenters. The molecule has 30 heavy (non-hydrogen) atoms. The molecule has 7 nitrogen and oxygen atoms in total. The zero-order valence-corrected chi connectivity index (χ0v) is 16.5. The third kappa shape index (κ3) is 5.03. The molecule has 2 N–H and O–H groups in total. The minimum Gasteiger partial charge on any atom is -0.344 e. The van der Waals surface area contributed by atoms with Gasteiger partial charge in [-0.05, 0) is 50.1 Å². The van der Waals surface area contributed by atoms with Gasteiger partial charge in [-0.15, -0.1) is 0 Å². The first-order chi connectivity index (χ1) is 13.8. The zero-order valence-electron chi connectivity index (χ0n) is 16.5. The summed E-state index contributed by atoms with van der Waals surface area (Å²) in [5.41, 5.74) is 2.51. The van der Waals surface area contributed by atoms with E-state index < -0.39 is 36.2 Å². The number of aromatic nitrogens is 1. The van der Waals surface area contributed by atoms with Crippen molar-refractivity contribution in [3.8, 4) is 0 Å². The number of benzene rings is 1. The van der Waals surface area contributed by atoms with Gasteiger partial charge in [0.05, 0.1) is 11.3 Å². The second-order valence-corrected chi connectivity index (χ2v) is 6.58. The van der Waals surface area contributed by atoms with Crippen LogP contribution in [0.3, 0.4) is 0 Å². The van der Waals surface area contributed by atoms with E-state index in [4.69, 9.17) is 0 Å². The number of carbonyl (C=O) groups is 3. The van der Waals surface area contributed by atoms with Crippen LogP contribution in [0.2, 0.25) is 0 Å². The van der Waals surface area contributed by atoms with E-state index in [1.165, 1.54) is 56.1 Å². The number of ketones is 1. The van der Waals surface area contributed by atoms with Crippen molar-refractivity contribution in [1.82, 2.24) is 10.0 Å². The third-order valence-corrected chi connectivity index (χ3v) is 4.40. The summed E-state index contributed by atoms with van der Waals surface area (Å²) >= 11 is 0. The van der Waals surface area contributed by atoms with Crippen molar-refractivity contribution in [1.29, 1.82) is 0 Å². The van der Waals surface area contributed by atoms with Crippen LogP contribution in [-0.2, 0) is 16.7 Å². The number of hydroxylamine groups is 1. The molecule has 0 radical (unpaired) electrons. The fourth-order valence-corrected chi connectivity index (χ4v) is 2.89. The van der Waals surface area contributed by atoms with E-state index in [0.29, 0.717) is 16.9 Å². The average molecular weight is 429 g/mol. The number of halogens is 4. The van der Waals surface area contributed by atoms with Gasteiger partial charge in [-0.25, -0.2) is 9.87 Å². The molecule has 1 aromatic carbocycles. The molecular formula is C19H19F4N3O4. The lowest BCUT2D eigenvalue weighted by Crippen LogP contribution is -2.35. The fourth-order valence-electron chi connectivity index (χ4n) is 2.89. The number of amides is 2. The Labute approximate surface area is 169 Å². The number of anilines is 1. The predicted molar refractivity (Wildman–Crippen MR) is 98.5 cm³/mol. The quantitative estimate of drug-likeness (QED) is 0.320. The average Bonchev–Trinajstić information content (AvgIpc) is 2.85. The van der Waals surface area contributed by atoms with Gasteiger partial charge in [0.25, 0.3) is 11.7 Å². The Hall–Kier alpha value is -3.21. The molecule has 0 aliphatic rings. The zero-order chi connectivity index (χ0) is 22.8. The third-order valence-electron chi connectivity index (χ3n) is 4.40. The molecule has 0 aliphatic heterocycles. The van der Waals surface area contributed by atoms with Gasteiger partial charge in [0, 0.05) is 18.4 Å². The predicted octanol–water partition coefficient (Wildman–Crippen LogP) is 3.13. The largest absolute Gasteiger partial charge is 0.414 e. The van der Waals surface area contributed by atoms with Crippen LogP contribution in [0.15, 0.2) is 18.2 Å². The van der Waals surface area contributed by atoms with Crippen LogP contribution in [0.1, 0.15) is 37.7 Å². The number of hydrogen-bond donors (Lipinski definition) is 2. The van der Waals surface area contributed by atoms with Crippen LogP contribution in [0.4, 0.5) is 23.2 Å². The number of nitrogens with one attached hydrogen (secondary N) is 2. The Morgan fingerprint density at radius 1 is 1.13 bits per heavy atom. The molecule has 0 fully saturated rings. The molecule has 0 bridgehead atoms. The molecule has 0 aliphatic carbocycles. The van der Waals surface area contributed by atoms with Gasteiger partial charge in [0.1, 0.15) is 5.82 Å². The second-order valence-electron chi connectivity index (χ2n) is 6.58. The first-order valence-corrected chi connectivity index (χ1v) is 8.60. The maximum absolute atomic E-state index is 13.4. The lowest BCUT2D eigenvalue weighted by Gasteiger charge is -2.09. The molecule has 1 aromatic heterocycles. The number of aryl methyl sites for hydroxylation is 1. The second kappa shape index (κ2) is 8.66. The van der Waals surface area contributed by atoms with Gasteiger partial charge < -0.3 is 9.88 Å². The normalized spacial score (nSPS) is 11.3. The van der Waals surface area contributed by atoms with Crippen LogP contribution in [0, 0.1) is 26.6 Å². The maximum atomic E-state index is 13.4. The van der Waals surface area contributed by atoms with Gasteiger partial charge in [-0.1, -0.05) is 0 Å². The number of Topliss-reactive ketones (excluding diaryl/α,β-unsaturated/α-hetero) is 1. The Bertz CT molecular complexity index is 1010. The van der Waals surface area contributed by atoms with Gasteiger partial charge >= 0.3 is 12.1 Å². The van der Waals surface area contributed by atoms with Crippen LogP contribution in [0.5, 0.6) is 0 Å². The summed E-state index contributed by atoms with van der Waals surface area (Å²) in [5, 5.41) is 2.59. The first kappa shape index (κ1) is 23.1. The summed E-state index contributed by atoms with van der Waals surface area (Å²) in [5.74, 6) is -3.62. The molecule has 0 saturated heterocycles. The van der Waals surface area contributed by atoms with E-state index in [9.17, 15) is 31.9 Å². The highest BCUT2D eigenvalue weighted by Crippen LogP contribution is 2.24. The smallest absolute Gasteiger partial charge is 0.344 e. The molecule has 1 heterocycles. The summed E-state index contributed by atoms with van der Waals surface area (Å²) < 4.78 is 51.0. The van der Waals surface area contributed by atoms with Crippen molar-refractivity contribution in [3.63, 3.8) is 0 Å². The van der Waals surface area contributed by atoms with E-state index in [1.807, 2.05) is 0 Å². The van der Waals surface area contributed by atoms with Crippen LogP contribution >= 0.6 is 0 Å². The Morgan fingerprint density at radius 2 is 1.77 bits per heavy atom. The topological polar surface area (TPSA) is 89.4 Å². The number of rotatable bonds is 6. The highest BCUT2D eigenvalue weighted by atomic mass is 19.4. The molecule has 2 rings (SSSR count). The SMILES string of the molecule is Cc1cc(NC(=O)c2c(C)c(C(=O)C(=O)NOCC(F)(F)F)n(C)c2C)ccc1F. The van der Waals surface area contributed by atoms with Gasteiger partial charge in [-0.3, -0.25) is 19.2 Å². The summed E-state index contributed by atoms with van der Waals surface area (Å²) in [6.07, 6.45) is -4.68. The Morgan fingerprint density at radius 3 is 2.33 bits per heavy atom. The lowest BCUT2D eigenvalue weighted by atomic mass is 10.1. The molecule has 2 amide bonds. The molecule has 0 saturated carbocycles. The number of nitrogens with zero attached hydrogens (tertiary/aromatic N) is 1. The van der Waals surface area contributed by atoms with Gasteiger partial charge in [0.2, 0.25) is 0 Å². The van der Waals surface area contributed by atoms with E-state index in [2.05, 4.69) is 10.2 Å². The van der Waals surface area contributed by atoms with E-state index in [1.54, 1.807) is 0 Å². The van der Waals surface area contributed by atoms with Crippen molar-refractivity contribution in [2.45, 2.75) is 26.9 Å². The van der Waals surface area contributed by atoms with Gasteiger partial charge in [0.15, 0.2) is 6.61 Å². The number of carbonyl (C=O) groups excluding carboxylic acids is 3. The minimum atomic E-state index is -4.68. The molecule has 0 atom stereocenters. The standard InChI is InChI=1S/C19H19F4N3O4/c1-9-7-12(5-6-13(9)20)24-17(28)14-10(2)15(26(4)11(14)3)16(27)18(29)25-30-8-19(21,22)23/h5-7H,8H2,1-4H3,(H,24,28)(H,25,29). The number of hydrogen-bond acceptors (Lipinski definition) is 4. The minimum absolute atomic E-state index is 0.104.